The molecule has 3 heterocycles. The number of aromatic amines is 1. The fourth-order valence-electron chi connectivity index (χ4n) is 3.63. The van der Waals surface area contributed by atoms with E-state index in [1.165, 1.54) is 6.07 Å². The molecule has 1 aliphatic heterocycles. The molecule has 2 aromatic heterocycles. The molecule has 0 radical (unpaired) electrons. The lowest BCUT2D eigenvalue weighted by Gasteiger charge is -2.53. The molecule has 0 aliphatic carbocycles. The summed E-state index contributed by atoms with van der Waals surface area (Å²) in [6.07, 6.45) is 4.34. The van der Waals surface area contributed by atoms with Gasteiger partial charge in [-0.05, 0) is 12.5 Å². The van der Waals surface area contributed by atoms with Gasteiger partial charge in [-0.3, -0.25) is 9.59 Å². The number of hydrogen-bond donors (Lipinski definition) is 1. The minimum Gasteiger partial charge on any atom is -0.383 e. The molecule has 1 aliphatic rings. The molecule has 7 nitrogen and oxygen atoms in total. The summed E-state index contributed by atoms with van der Waals surface area (Å²) in [4.78, 5) is 34.0. The summed E-state index contributed by atoms with van der Waals surface area (Å²) in [6, 6.07) is 3.01. The summed E-state index contributed by atoms with van der Waals surface area (Å²) in [5.41, 5.74) is 0.867. The minimum absolute atomic E-state index is 0.0827. The van der Waals surface area contributed by atoms with Crippen molar-refractivity contribution in [1.29, 1.82) is 0 Å². The van der Waals surface area contributed by atoms with Crippen molar-refractivity contribution in [3.8, 4) is 0 Å². The number of H-pyrrole nitrogens is 1. The van der Waals surface area contributed by atoms with E-state index in [9.17, 15) is 9.59 Å². The van der Waals surface area contributed by atoms with Gasteiger partial charge < -0.3 is 19.2 Å². The fraction of sp³-hybridized carbons (Fsp3) is 0.526. The van der Waals surface area contributed by atoms with Crippen molar-refractivity contribution in [3.63, 3.8) is 0 Å². The van der Waals surface area contributed by atoms with Crippen molar-refractivity contribution in [2.24, 2.45) is 5.41 Å². The molecule has 1 amide bonds. The van der Waals surface area contributed by atoms with E-state index in [1.54, 1.807) is 24.3 Å². The van der Waals surface area contributed by atoms with Crippen LogP contribution in [0.4, 0.5) is 0 Å². The molecule has 1 saturated heterocycles. The van der Waals surface area contributed by atoms with E-state index < -0.39 is 0 Å². The van der Waals surface area contributed by atoms with Gasteiger partial charge in [-0.15, -0.1) is 0 Å². The number of pyridine rings is 1. The van der Waals surface area contributed by atoms with Crippen molar-refractivity contribution in [3.05, 3.63) is 52.0 Å². The summed E-state index contributed by atoms with van der Waals surface area (Å²) in [6.45, 7) is 8.10. The van der Waals surface area contributed by atoms with Gasteiger partial charge >= 0.3 is 0 Å². The second-order valence-corrected chi connectivity index (χ2v) is 7.41. The Balaban J connectivity index is 1.91. The first-order chi connectivity index (χ1) is 12.4. The van der Waals surface area contributed by atoms with Crippen LogP contribution in [0.2, 0.25) is 0 Å². The van der Waals surface area contributed by atoms with Crippen molar-refractivity contribution in [2.75, 3.05) is 20.3 Å². The lowest BCUT2D eigenvalue weighted by atomic mass is 9.74. The van der Waals surface area contributed by atoms with Crippen LogP contribution in [0.5, 0.6) is 0 Å². The van der Waals surface area contributed by atoms with Gasteiger partial charge in [0.1, 0.15) is 5.82 Å². The number of rotatable bonds is 6. The van der Waals surface area contributed by atoms with Gasteiger partial charge in [0, 0.05) is 55.3 Å². The Morgan fingerprint density at radius 1 is 1.42 bits per heavy atom. The van der Waals surface area contributed by atoms with E-state index >= 15 is 0 Å². The number of nitrogens with one attached hydrogen (secondary N) is 1. The van der Waals surface area contributed by atoms with Crippen molar-refractivity contribution in [1.82, 2.24) is 19.4 Å². The first kappa shape index (κ1) is 18.4. The molecule has 0 spiro atoms. The van der Waals surface area contributed by atoms with Crippen LogP contribution in [0.1, 0.15) is 48.7 Å². The summed E-state index contributed by atoms with van der Waals surface area (Å²) in [5, 5.41) is 0. The van der Waals surface area contributed by atoms with Crippen LogP contribution in [0.15, 0.2) is 29.3 Å². The minimum atomic E-state index is -0.245. The Labute approximate surface area is 153 Å². The number of aryl methyl sites for hydroxylation is 1. The van der Waals surface area contributed by atoms with E-state index in [1.807, 2.05) is 17.7 Å². The monoisotopic (exact) mass is 358 g/mol. The fourth-order valence-corrected chi connectivity index (χ4v) is 3.63. The van der Waals surface area contributed by atoms with Gasteiger partial charge in [-0.25, -0.2) is 4.98 Å². The number of carbonyl (C=O) groups excluding carboxylic acids is 1. The van der Waals surface area contributed by atoms with Crippen LogP contribution in [-0.2, 0) is 17.7 Å². The third-order valence-corrected chi connectivity index (χ3v) is 4.95. The molecule has 3 rings (SSSR count). The van der Waals surface area contributed by atoms with Gasteiger partial charge in [0.25, 0.3) is 5.91 Å². The number of methoxy groups -OCH3 is 1. The number of imidazole rings is 1. The maximum absolute atomic E-state index is 13.1. The highest BCUT2D eigenvalue weighted by molar-refractivity contribution is 5.95. The number of amides is 1. The molecule has 2 aromatic rings. The number of aromatic nitrogens is 3. The van der Waals surface area contributed by atoms with Crippen molar-refractivity contribution in [2.45, 2.75) is 39.8 Å². The third-order valence-electron chi connectivity index (χ3n) is 4.95. The van der Waals surface area contributed by atoms with E-state index in [0.29, 0.717) is 31.7 Å². The molecule has 1 N–H and O–H groups in total. The summed E-state index contributed by atoms with van der Waals surface area (Å²) >= 11 is 0. The predicted octanol–water partition coefficient (Wildman–Crippen LogP) is 2.00. The largest absolute Gasteiger partial charge is 0.383 e. The first-order valence-electron chi connectivity index (χ1n) is 8.91. The SMILES string of the molecule is CCc1cc(C(=O)N2CC(C)(C)C2c2nccn2CCOC)cc(=O)[nH]1. The van der Waals surface area contributed by atoms with E-state index in [-0.39, 0.29) is 22.9 Å². The average molecular weight is 358 g/mol. The average Bonchev–Trinajstić information content (AvgIpc) is 3.04. The molecule has 0 bridgehead atoms. The number of likely N-dealkylation sites (tertiary alicyclic amines) is 1. The molecular formula is C19H26N4O3. The summed E-state index contributed by atoms with van der Waals surface area (Å²) in [5.74, 6) is 0.726. The normalized spacial score (nSPS) is 18.6. The lowest BCUT2D eigenvalue weighted by Crippen LogP contribution is -2.58. The maximum atomic E-state index is 13.1. The van der Waals surface area contributed by atoms with Crippen LogP contribution in [0.25, 0.3) is 0 Å². The molecule has 140 valence electrons. The van der Waals surface area contributed by atoms with Gasteiger partial charge in [0.05, 0.1) is 12.6 Å². The Kier molecular flexibility index (Phi) is 5.00. The number of hydrogen-bond acceptors (Lipinski definition) is 4. The second-order valence-electron chi connectivity index (χ2n) is 7.41. The Morgan fingerprint density at radius 3 is 2.85 bits per heavy atom. The topological polar surface area (TPSA) is 80.2 Å². The van der Waals surface area contributed by atoms with Crippen LogP contribution in [-0.4, -0.2) is 45.6 Å². The standard InChI is InChI=1S/C19H26N4O3/c1-5-14-10-13(11-15(24)21-14)18(25)23-12-19(2,3)16(23)17-20-6-7-22(17)8-9-26-4/h6-7,10-11,16H,5,8-9,12H2,1-4H3,(H,21,24). The zero-order valence-electron chi connectivity index (χ0n) is 15.8. The highest BCUT2D eigenvalue weighted by Crippen LogP contribution is 2.48. The Morgan fingerprint density at radius 2 is 2.19 bits per heavy atom. The van der Waals surface area contributed by atoms with E-state index in [2.05, 4.69) is 23.8 Å². The zero-order chi connectivity index (χ0) is 18.9. The highest BCUT2D eigenvalue weighted by atomic mass is 16.5. The van der Waals surface area contributed by atoms with Crippen LogP contribution in [0, 0.1) is 5.41 Å². The second kappa shape index (κ2) is 7.07. The van der Waals surface area contributed by atoms with Gasteiger partial charge in [-0.1, -0.05) is 20.8 Å². The third kappa shape index (κ3) is 3.31. The highest BCUT2D eigenvalue weighted by Gasteiger charge is 2.51. The van der Waals surface area contributed by atoms with Crippen LogP contribution >= 0.6 is 0 Å². The van der Waals surface area contributed by atoms with Crippen molar-refractivity contribution < 1.29 is 9.53 Å². The first-order valence-corrected chi connectivity index (χ1v) is 8.91. The molecule has 26 heavy (non-hydrogen) atoms. The molecule has 1 fully saturated rings. The van der Waals surface area contributed by atoms with E-state index in [0.717, 1.165) is 11.5 Å². The number of ether oxygens (including phenoxy) is 1. The maximum Gasteiger partial charge on any atom is 0.254 e. The zero-order valence-corrected chi connectivity index (χ0v) is 15.8. The molecular weight excluding hydrogens is 332 g/mol. The molecule has 0 aromatic carbocycles. The molecule has 0 saturated carbocycles. The smallest absolute Gasteiger partial charge is 0.254 e. The van der Waals surface area contributed by atoms with Gasteiger partial charge in [-0.2, -0.15) is 0 Å². The molecule has 7 heteroatoms. The van der Waals surface area contributed by atoms with Crippen LogP contribution < -0.4 is 5.56 Å². The lowest BCUT2D eigenvalue weighted by molar-refractivity contribution is -0.0382. The van der Waals surface area contributed by atoms with Crippen LogP contribution in [0.3, 0.4) is 0 Å². The Bertz CT molecular complexity index is 852. The summed E-state index contributed by atoms with van der Waals surface area (Å²) < 4.78 is 7.20. The van der Waals surface area contributed by atoms with Crippen molar-refractivity contribution >= 4 is 5.91 Å². The molecule has 1 atom stereocenters. The Hall–Kier alpha value is -2.41. The molecule has 1 unspecified atom stereocenters. The van der Waals surface area contributed by atoms with Gasteiger partial charge in [0.2, 0.25) is 5.56 Å². The number of nitrogens with zero attached hydrogens (tertiary/aromatic N) is 3. The number of carbonyl (C=O) groups is 1. The summed E-state index contributed by atoms with van der Waals surface area (Å²) in [7, 11) is 1.66. The van der Waals surface area contributed by atoms with E-state index in [4.69, 9.17) is 4.74 Å². The predicted molar refractivity (Wildman–Crippen MR) is 98.1 cm³/mol. The quantitative estimate of drug-likeness (QED) is 0.856. The van der Waals surface area contributed by atoms with Gasteiger partial charge in [0.15, 0.2) is 0 Å².